The number of hydrogen-bond donors (Lipinski definition) is 1. The van der Waals surface area contributed by atoms with Crippen molar-refractivity contribution in [2.45, 2.75) is 32.7 Å². The van der Waals surface area contributed by atoms with Crippen LogP contribution in [0.25, 0.3) is 0 Å². The molecule has 0 aliphatic carbocycles. The number of hydrogen-bond acceptors (Lipinski definition) is 5. The summed E-state index contributed by atoms with van der Waals surface area (Å²) < 4.78 is 4.93. The highest BCUT2D eigenvalue weighted by Gasteiger charge is 2.26. The van der Waals surface area contributed by atoms with Gasteiger partial charge in [-0.1, -0.05) is 25.3 Å². The zero-order valence-electron chi connectivity index (χ0n) is 10.9. The third kappa shape index (κ3) is 3.61. The number of amides is 1. The van der Waals surface area contributed by atoms with Crippen LogP contribution in [0.2, 0.25) is 0 Å². The van der Waals surface area contributed by atoms with Crippen molar-refractivity contribution in [3.63, 3.8) is 0 Å². The fraction of sp³-hybridized carbons (Fsp3) is 0.417. The average molecular weight is 360 g/mol. The number of rotatable bonds is 3. The molecule has 0 unspecified atom stereocenters. The molecule has 2 rings (SSSR count). The summed E-state index contributed by atoms with van der Waals surface area (Å²) >= 11 is 6.15. The van der Waals surface area contributed by atoms with Crippen molar-refractivity contribution in [2.75, 3.05) is 0 Å². The van der Waals surface area contributed by atoms with Crippen LogP contribution < -0.4 is 5.32 Å². The molecule has 0 bridgehead atoms. The zero-order chi connectivity index (χ0) is 14.0. The molecule has 102 valence electrons. The van der Waals surface area contributed by atoms with E-state index in [1.165, 1.54) is 0 Å². The predicted molar refractivity (Wildman–Crippen MR) is 81.8 cm³/mol. The van der Waals surface area contributed by atoms with E-state index >= 15 is 0 Å². The molecule has 0 atom stereocenters. The lowest BCUT2D eigenvalue weighted by Gasteiger charge is -2.16. The number of carbonyl (C=O) groups excluding carboxylic acids is 1. The van der Waals surface area contributed by atoms with Crippen molar-refractivity contribution in [3.8, 4) is 0 Å². The molecule has 1 amide bonds. The van der Waals surface area contributed by atoms with Crippen molar-refractivity contribution in [1.82, 2.24) is 14.9 Å². The third-order valence-corrected chi connectivity index (χ3v) is 4.87. The maximum absolute atomic E-state index is 12.2. The van der Waals surface area contributed by atoms with Crippen LogP contribution in [-0.4, -0.2) is 15.5 Å². The first-order valence-corrected chi connectivity index (χ1v) is 8.16. The van der Waals surface area contributed by atoms with Gasteiger partial charge in [0.25, 0.3) is 5.91 Å². The Morgan fingerprint density at radius 2 is 2.21 bits per heavy atom. The van der Waals surface area contributed by atoms with Gasteiger partial charge < -0.3 is 5.32 Å². The predicted octanol–water partition coefficient (Wildman–Crippen LogP) is 3.59. The summed E-state index contributed by atoms with van der Waals surface area (Å²) in [6.45, 7) is 6.60. The number of halogens is 1. The lowest BCUT2D eigenvalue weighted by atomic mass is 9.91. The van der Waals surface area contributed by atoms with Gasteiger partial charge in [-0.3, -0.25) is 4.79 Å². The highest BCUT2D eigenvalue weighted by molar-refractivity contribution is 9.10. The molecule has 0 aliphatic rings. The SMILES string of the molecule is CC(C)(C)c1nnsc1C(=O)NCc1cc(Br)cs1. The van der Waals surface area contributed by atoms with E-state index < -0.39 is 0 Å². The standard InChI is InChI=1S/C12H14BrN3OS2/c1-12(2,3)10-9(19-16-15-10)11(17)14-5-8-4-7(13)6-18-8/h4,6H,5H2,1-3H3,(H,14,17). The molecule has 2 heterocycles. The first kappa shape index (κ1) is 14.6. The molecule has 19 heavy (non-hydrogen) atoms. The average Bonchev–Trinajstić information content (AvgIpc) is 2.93. The maximum Gasteiger partial charge on any atom is 0.265 e. The van der Waals surface area contributed by atoms with Crippen molar-refractivity contribution in [3.05, 3.63) is 31.4 Å². The maximum atomic E-state index is 12.2. The Bertz CT molecular complexity index is 586. The van der Waals surface area contributed by atoms with Gasteiger partial charge in [-0.05, 0) is 33.5 Å². The van der Waals surface area contributed by atoms with Crippen LogP contribution in [0.4, 0.5) is 0 Å². The lowest BCUT2D eigenvalue weighted by molar-refractivity contribution is 0.0953. The summed E-state index contributed by atoms with van der Waals surface area (Å²) in [5, 5.41) is 8.98. The van der Waals surface area contributed by atoms with Crippen LogP contribution in [0, 0.1) is 0 Å². The van der Waals surface area contributed by atoms with E-state index in [1.54, 1.807) is 11.3 Å². The van der Waals surface area contributed by atoms with E-state index in [2.05, 4.69) is 30.8 Å². The molecule has 7 heteroatoms. The monoisotopic (exact) mass is 359 g/mol. The van der Waals surface area contributed by atoms with Crippen LogP contribution in [0.15, 0.2) is 15.9 Å². The molecule has 0 spiro atoms. The molecule has 0 fully saturated rings. The van der Waals surface area contributed by atoms with E-state index in [4.69, 9.17) is 0 Å². The Morgan fingerprint density at radius 3 is 2.79 bits per heavy atom. The third-order valence-electron chi connectivity index (χ3n) is 2.45. The van der Waals surface area contributed by atoms with Crippen molar-refractivity contribution in [2.24, 2.45) is 0 Å². The highest BCUT2D eigenvalue weighted by atomic mass is 79.9. The van der Waals surface area contributed by atoms with Crippen LogP contribution in [0.1, 0.15) is 41.0 Å². The molecular weight excluding hydrogens is 346 g/mol. The molecule has 0 saturated carbocycles. The van der Waals surface area contributed by atoms with Gasteiger partial charge in [-0.25, -0.2) is 0 Å². The number of nitrogens with one attached hydrogen (secondary N) is 1. The fourth-order valence-electron chi connectivity index (χ4n) is 1.52. The molecule has 0 radical (unpaired) electrons. The van der Waals surface area contributed by atoms with E-state index in [1.807, 2.05) is 32.2 Å². The van der Waals surface area contributed by atoms with Crippen LogP contribution in [0.5, 0.6) is 0 Å². The van der Waals surface area contributed by atoms with E-state index in [-0.39, 0.29) is 11.3 Å². The smallest absolute Gasteiger partial charge is 0.265 e. The second kappa shape index (κ2) is 5.68. The number of aromatic nitrogens is 2. The molecule has 1 N–H and O–H groups in total. The van der Waals surface area contributed by atoms with Crippen LogP contribution >= 0.6 is 38.8 Å². The minimum absolute atomic E-state index is 0.107. The Morgan fingerprint density at radius 1 is 1.47 bits per heavy atom. The molecule has 0 saturated heterocycles. The number of thiophene rings is 1. The highest BCUT2D eigenvalue weighted by Crippen LogP contribution is 2.26. The zero-order valence-corrected chi connectivity index (χ0v) is 14.1. The second-order valence-corrected chi connectivity index (χ2v) is 7.78. The van der Waals surface area contributed by atoms with E-state index in [9.17, 15) is 4.79 Å². The van der Waals surface area contributed by atoms with Crippen molar-refractivity contribution >= 4 is 44.7 Å². The Kier molecular flexibility index (Phi) is 4.37. The normalized spacial score (nSPS) is 11.6. The number of nitrogens with zero attached hydrogens (tertiary/aromatic N) is 2. The Hall–Kier alpha value is -0.790. The van der Waals surface area contributed by atoms with Gasteiger partial charge in [-0.15, -0.1) is 16.4 Å². The lowest BCUT2D eigenvalue weighted by Crippen LogP contribution is -2.25. The Balaban J connectivity index is 2.07. The summed E-state index contributed by atoms with van der Waals surface area (Å²) in [6.07, 6.45) is 0. The van der Waals surface area contributed by atoms with Crippen LogP contribution in [0.3, 0.4) is 0 Å². The minimum atomic E-state index is -0.175. The summed E-state index contributed by atoms with van der Waals surface area (Å²) in [6, 6.07) is 2.00. The van der Waals surface area contributed by atoms with E-state index in [0.717, 1.165) is 26.6 Å². The molecule has 0 aliphatic heterocycles. The van der Waals surface area contributed by atoms with E-state index in [0.29, 0.717) is 11.4 Å². The van der Waals surface area contributed by atoms with Gasteiger partial charge in [0.2, 0.25) is 0 Å². The molecule has 4 nitrogen and oxygen atoms in total. The largest absolute Gasteiger partial charge is 0.346 e. The molecular formula is C12H14BrN3OS2. The van der Waals surface area contributed by atoms with Gasteiger partial charge >= 0.3 is 0 Å². The minimum Gasteiger partial charge on any atom is -0.346 e. The quantitative estimate of drug-likeness (QED) is 0.910. The van der Waals surface area contributed by atoms with Gasteiger partial charge in [0, 0.05) is 20.1 Å². The Labute approximate surface area is 128 Å². The summed E-state index contributed by atoms with van der Waals surface area (Å²) in [5.74, 6) is -0.107. The first-order chi connectivity index (χ1) is 8.88. The summed E-state index contributed by atoms with van der Waals surface area (Å²) in [7, 11) is 0. The topological polar surface area (TPSA) is 54.9 Å². The molecule has 2 aromatic rings. The second-order valence-electron chi connectivity index (χ2n) is 5.11. The van der Waals surface area contributed by atoms with Crippen molar-refractivity contribution in [1.29, 1.82) is 0 Å². The fourth-order valence-corrected chi connectivity index (χ4v) is 3.71. The van der Waals surface area contributed by atoms with Gasteiger partial charge in [0.05, 0.1) is 12.2 Å². The first-order valence-electron chi connectivity index (χ1n) is 5.72. The number of carbonyl (C=O) groups is 1. The summed E-state index contributed by atoms with van der Waals surface area (Å²) in [4.78, 5) is 13.9. The summed E-state index contributed by atoms with van der Waals surface area (Å²) in [5.41, 5.74) is 0.577. The van der Waals surface area contributed by atoms with Crippen LogP contribution in [-0.2, 0) is 12.0 Å². The molecule has 2 aromatic heterocycles. The van der Waals surface area contributed by atoms with Crippen molar-refractivity contribution < 1.29 is 4.79 Å². The van der Waals surface area contributed by atoms with Gasteiger partial charge in [-0.2, -0.15) is 0 Å². The molecule has 0 aromatic carbocycles. The van der Waals surface area contributed by atoms with Gasteiger partial charge in [0.15, 0.2) is 0 Å². The van der Waals surface area contributed by atoms with Gasteiger partial charge in [0.1, 0.15) is 4.88 Å².